The van der Waals surface area contributed by atoms with E-state index in [2.05, 4.69) is 37.4 Å². The van der Waals surface area contributed by atoms with E-state index in [4.69, 9.17) is 0 Å². The van der Waals surface area contributed by atoms with Crippen molar-refractivity contribution in [3.05, 3.63) is 36.4 Å². The number of aromatic nitrogens is 5. The number of anilines is 1. The zero-order valence-electron chi connectivity index (χ0n) is 20.7. The molecule has 0 saturated carbocycles. The van der Waals surface area contributed by atoms with Crippen molar-refractivity contribution < 1.29 is 13.9 Å². The second-order valence-corrected chi connectivity index (χ2v) is 10.9. The molecule has 3 aromatic rings. The lowest BCUT2D eigenvalue weighted by molar-refractivity contribution is 0.00193. The third-order valence-corrected chi connectivity index (χ3v) is 8.00. The molecule has 2 saturated heterocycles. The van der Waals surface area contributed by atoms with E-state index in [1.807, 2.05) is 18.9 Å². The largest absolute Gasteiger partial charge is 0.507 e. The van der Waals surface area contributed by atoms with Crippen molar-refractivity contribution in [1.29, 1.82) is 0 Å². The molecule has 2 N–H and O–H groups in total. The summed E-state index contributed by atoms with van der Waals surface area (Å²) in [6.07, 6.45) is 6.86. The SMILES string of the molecule is CSc1ncc(F)c(-c2ccc(-c3ncc(N(C)[C@H]4C[C@]5(C)CCC[C@@](C)(N5)[C@H]4F)nn3)c(O)c2)n1. The van der Waals surface area contributed by atoms with Gasteiger partial charge in [0, 0.05) is 23.7 Å². The van der Waals surface area contributed by atoms with Crippen LogP contribution in [0.3, 0.4) is 0 Å². The molecule has 4 heterocycles. The Morgan fingerprint density at radius 1 is 1.17 bits per heavy atom. The highest BCUT2D eigenvalue weighted by Gasteiger charge is 2.53. The van der Waals surface area contributed by atoms with Crippen LogP contribution < -0.4 is 10.2 Å². The normalized spacial score (nSPS) is 27.6. The highest BCUT2D eigenvalue weighted by Crippen LogP contribution is 2.43. The monoisotopic (exact) mass is 513 g/mol. The van der Waals surface area contributed by atoms with Gasteiger partial charge < -0.3 is 15.3 Å². The van der Waals surface area contributed by atoms with E-state index in [9.17, 15) is 9.50 Å². The molecule has 2 fully saturated rings. The molecule has 36 heavy (non-hydrogen) atoms. The quantitative estimate of drug-likeness (QED) is 0.380. The van der Waals surface area contributed by atoms with Gasteiger partial charge in [-0.05, 0) is 57.9 Å². The van der Waals surface area contributed by atoms with Crippen molar-refractivity contribution in [2.75, 3.05) is 18.2 Å². The van der Waals surface area contributed by atoms with E-state index < -0.39 is 17.5 Å². The smallest absolute Gasteiger partial charge is 0.187 e. The fourth-order valence-electron chi connectivity index (χ4n) is 5.59. The number of fused-ring (bicyclic) bond motifs is 2. The number of aromatic hydroxyl groups is 1. The molecular weight excluding hydrogens is 484 g/mol. The molecule has 8 nitrogen and oxygen atoms in total. The Bertz CT molecular complexity index is 1280. The lowest BCUT2D eigenvalue weighted by Gasteiger charge is -2.56. The summed E-state index contributed by atoms with van der Waals surface area (Å²) in [5.41, 5.74) is 0.158. The molecule has 0 radical (unpaired) electrons. The van der Waals surface area contributed by atoms with Gasteiger partial charge in [-0.1, -0.05) is 17.8 Å². The zero-order chi connectivity index (χ0) is 25.7. The minimum atomic E-state index is -1.07. The molecule has 11 heteroatoms. The summed E-state index contributed by atoms with van der Waals surface area (Å²) in [6.45, 7) is 4.12. The summed E-state index contributed by atoms with van der Waals surface area (Å²) in [6, 6.07) is 4.29. The second kappa shape index (κ2) is 9.19. The van der Waals surface area contributed by atoms with Crippen LogP contribution in [0.15, 0.2) is 35.7 Å². The van der Waals surface area contributed by atoms with Crippen LogP contribution in [0.2, 0.25) is 0 Å². The third kappa shape index (κ3) is 4.39. The van der Waals surface area contributed by atoms with Gasteiger partial charge in [-0.15, -0.1) is 10.2 Å². The number of rotatable bonds is 5. The third-order valence-electron chi connectivity index (χ3n) is 7.44. The van der Waals surface area contributed by atoms with Gasteiger partial charge in [-0.25, -0.2) is 23.7 Å². The Morgan fingerprint density at radius 3 is 2.67 bits per heavy atom. The molecule has 0 unspecified atom stereocenters. The fraction of sp³-hybridized carbons (Fsp3) is 0.480. The molecule has 4 atom stereocenters. The summed E-state index contributed by atoms with van der Waals surface area (Å²) in [4.78, 5) is 14.3. The Balaban J connectivity index is 1.38. The van der Waals surface area contributed by atoms with Crippen LogP contribution in [0.4, 0.5) is 14.6 Å². The summed E-state index contributed by atoms with van der Waals surface area (Å²) in [5, 5.41) is 23.1. The van der Waals surface area contributed by atoms with Gasteiger partial charge in [0.1, 0.15) is 17.6 Å². The Morgan fingerprint density at radius 2 is 1.97 bits per heavy atom. The molecule has 1 aromatic carbocycles. The van der Waals surface area contributed by atoms with Gasteiger partial charge in [0.25, 0.3) is 0 Å². The number of halogens is 2. The van der Waals surface area contributed by atoms with Crippen molar-refractivity contribution in [2.45, 2.75) is 68.0 Å². The number of benzene rings is 1. The van der Waals surface area contributed by atoms with E-state index in [1.54, 1.807) is 24.6 Å². The number of thioether (sulfide) groups is 1. The average molecular weight is 514 g/mol. The molecule has 5 rings (SSSR count). The van der Waals surface area contributed by atoms with E-state index in [-0.39, 0.29) is 28.8 Å². The maximum Gasteiger partial charge on any atom is 0.187 e. The average Bonchev–Trinajstić information content (AvgIpc) is 2.86. The van der Waals surface area contributed by atoms with Gasteiger partial charge in [0.15, 0.2) is 22.6 Å². The number of piperidine rings is 2. The van der Waals surface area contributed by atoms with Crippen LogP contribution in [-0.2, 0) is 0 Å². The number of phenols is 1. The molecule has 0 spiro atoms. The maximum absolute atomic E-state index is 15.6. The first kappa shape index (κ1) is 24.8. The number of alkyl halides is 1. The van der Waals surface area contributed by atoms with Crippen LogP contribution in [0.5, 0.6) is 5.75 Å². The highest BCUT2D eigenvalue weighted by molar-refractivity contribution is 7.98. The lowest BCUT2D eigenvalue weighted by Crippen LogP contribution is -2.72. The first-order valence-electron chi connectivity index (χ1n) is 11.9. The highest BCUT2D eigenvalue weighted by atomic mass is 32.2. The predicted molar refractivity (Wildman–Crippen MR) is 135 cm³/mol. The molecular formula is C25H29F2N7OS. The lowest BCUT2D eigenvalue weighted by atomic mass is 9.68. The van der Waals surface area contributed by atoms with Crippen LogP contribution in [0, 0.1) is 5.82 Å². The number of nitrogens with one attached hydrogen (secondary N) is 1. The van der Waals surface area contributed by atoms with Gasteiger partial charge in [-0.2, -0.15) is 0 Å². The molecule has 0 amide bonds. The summed E-state index contributed by atoms with van der Waals surface area (Å²) >= 11 is 1.30. The number of hydrogen-bond donors (Lipinski definition) is 2. The van der Waals surface area contributed by atoms with Crippen LogP contribution >= 0.6 is 11.8 Å². The summed E-state index contributed by atoms with van der Waals surface area (Å²) in [7, 11) is 1.82. The standard InChI is InChI=1S/C25H29F2N7OS/c1-24-8-5-9-25(2,33-24)21(27)17(11-24)34(3)19-13-28-22(32-31-19)15-7-6-14(10-18(15)35)20-16(26)12-29-23(30-20)36-4/h6-7,10,12-13,17,21,33,35H,5,8-9,11H2,1-4H3/t17-,21-,24-,25+/m0/s1. The number of nitrogens with zero attached hydrogens (tertiary/aromatic N) is 6. The van der Waals surface area contributed by atoms with Crippen molar-refractivity contribution in [3.63, 3.8) is 0 Å². The fourth-order valence-corrected chi connectivity index (χ4v) is 5.93. The second-order valence-electron chi connectivity index (χ2n) is 10.2. The van der Waals surface area contributed by atoms with Crippen molar-refractivity contribution >= 4 is 17.6 Å². The van der Waals surface area contributed by atoms with Crippen molar-refractivity contribution in [3.8, 4) is 28.4 Å². The van der Waals surface area contributed by atoms with E-state index in [0.717, 1.165) is 25.5 Å². The van der Waals surface area contributed by atoms with Crippen LogP contribution in [0.25, 0.3) is 22.6 Å². The van der Waals surface area contributed by atoms with Gasteiger partial charge in [0.05, 0.1) is 24.0 Å². The molecule has 0 aliphatic carbocycles. The van der Waals surface area contributed by atoms with Crippen molar-refractivity contribution in [1.82, 2.24) is 30.5 Å². The predicted octanol–water partition coefficient (Wildman–Crippen LogP) is 4.40. The Kier molecular flexibility index (Phi) is 6.32. The van der Waals surface area contributed by atoms with E-state index >= 15 is 4.39 Å². The molecule has 2 aliphatic heterocycles. The minimum absolute atomic E-state index is 0.0992. The minimum Gasteiger partial charge on any atom is -0.507 e. The van der Waals surface area contributed by atoms with Crippen LogP contribution in [0.1, 0.15) is 39.5 Å². The topological polar surface area (TPSA) is 100.0 Å². The molecule has 2 aromatic heterocycles. The summed E-state index contributed by atoms with van der Waals surface area (Å²) < 4.78 is 29.9. The Labute approximate surface area is 213 Å². The van der Waals surface area contributed by atoms with Crippen molar-refractivity contribution in [2.24, 2.45) is 0 Å². The van der Waals surface area contributed by atoms with E-state index in [0.29, 0.717) is 28.5 Å². The molecule has 190 valence electrons. The van der Waals surface area contributed by atoms with Gasteiger partial charge in [-0.3, -0.25) is 0 Å². The van der Waals surface area contributed by atoms with Crippen LogP contribution in [-0.4, -0.2) is 66.9 Å². The Hall–Kier alpha value is -2.92. The maximum atomic E-state index is 15.6. The van der Waals surface area contributed by atoms with Gasteiger partial charge in [0.2, 0.25) is 0 Å². The van der Waals surface area contributed by atoms with Gasteiger partial charge >= 0.3 is 0 Å². The number of hydrogen-bond acceptors (Lipinski definition) is 9. The molecule has 2 aliphatic rings. The number of phenolic OH excluding ortho intramolecular Hbond substituents is 1. The first-order chi connectivity index (χ1) is 17.1. The molecule has 2 bridgehead atoms. The first-order valence-corrected chi connectivity index (χ1v) is 13.1. The zero-order valence-corrected chi connectivity index (χ0v) is 21.5. The summed E-state index contributed by atoms with van der Waals surface area (Å²) in [5.74, 6) is -0.0411. The van der Waals surface area contributed by atoms with E-state index in [1.165, 1.54) is 17.8 Å².